The number of benzene rings is 2. The summed E-state index contributed by atoms with van der Waals surface area (Å²) in [5.74, 6) is 0.107. The number of rotatable bonds is 4. The fourth-order valence-corrected chi connectivity index (χ4v) is 2.08. The van der Waals surface area contributed by atoms with Crippen LogP contribution in [0, 0.1) is 0 Å². The van der Waals surface area contributed by atoms with Crippen molar-refractivity contribution in [2.45, 2.75) is 12.7 Å². The number of ether oxygens (including phenoxy) is 1. The van der Waals surface area contributed by atoms with Crippen LogP contribution in [0.25, 0.3) is 0 Å². The number of para-hydroxylation sites is 1. The van der Waals surface area contributed by atoms with Gasteiger partial charge in [0, 0.05) is 17.1 Å². The molecule has 2 aromatic carbocycles. The zero-order chi connectivity index (χ0) is 15.5. The van der Waals surface area contributed by atoms with Crippen LogP contribution in [0.15, 0.2) is 42.5 Å². The number of hydrogen-bond donors (Lipinski definition) is 1. The van der Waals surface area contributed by atoms with Gasteiger partial charge in [-0.25, -0.2) is 0 Å². The third-order valence-corrected chi connectivity index (χ3v) is 3.04. The molecule has 0 fully saturated rings. The standard InChI is InChI=1S/C15H13ClF3NO/c1-20-9-10-8-11(16)6-7-13(10)21-14-5-3-2-4-12(14)15(17,18)19/h2-8,20H,9H2,1H3. The number of halogens is 4. The van der Waals surface area contributed by atoms with Gasteiger partial charge in [-0.15, -0.1) is 0 Å². The maximum absolute atomic E-state index is 13.0. The highest BCUT2D eigenvalue weighted by Gasteiger charge is 2.34. The summed E-state index contributed by atoms with van der Waals surface area (Å²) in [6.45, 7) is 0.435. The van der Waals surface area contributed by atoms with Gasteiger partial charge in [-0.05, 0) is 37.4 Å². The largest absolute Gasteiger partial charge is 0.456 e. The summed E-state index contributed by atoms with van der Waals surface area (Å²) >= 11 is 5.90. The zero-order valence-corrected chi connectivity index (χ0v) is 11.9. The molecule has 1 N–H and O–H groups in total. The average Bonchev–Trinajstić information content (AvgIpc) is 2.41. The first-order chi connectivity index (χ1) is 9.91. The first kappa shape index (κ1) is 15.7. The summed E-state index contributed by atoms with van der Waals surface area (Å²) in [4.78, 5) is 0. The molecule has 6 heteroatoms. The number of alkyl halides is 3. The molecule has 0 heterocycles. The molecule has 2 aromatic rings. The summed E-state index contributed by atoms with van der Waals surface area (Å²) in [5.41, 5.74) is -0.127. The maximum atomic E-state index is 13.0. The smallest absolute Gasteiger partial charge is 0.419 e. The Hall–Kier alpha value is -1.72. The predicted molar refractivity (Wildman–Crippen MR) is 75.7 cm³/mol. The molecular weight excluding hydrogens is 303 g/mol. The highest BCUT2D eigenvalue weighted by atomic mass is 35.5. The summed E-state index contributed by atoms with van der Waals surface area (Å²) < 4.78 is 44.3. The second-order valence-corrected chi connectivity index (χ2v) is 4.81. The lowest BCUT2D eigenvalue weighted by Crippen LogP contribution is -2.09. The second-order valence-electron chi connectivity index (χ2n) is 4.38. The van der Waals surface area contributed by atoms with Gasteiger partial charge in [-0.3, -0.25) is 0 Å². The Bertz CT molecular complexity index is 629. The van der Waals surface area contributed by atoms with E-state index in [0.717, 1.165) is 6.07 Å². The third-order valence-electron chi connectivity index (χ3n) is 2.80. The van der Waals surface area contributed by atoms with E-state index >= 15 is 0 Å². The van der Waals surface area contributed by atoms with Crippen molar-refractivity contribution in [1.82, 2.24) is 5.32 Å². The second kappa shape index (κ2) is 6.37. The van der Waals surface area contributed by atoms with Gasteiger partial charge < -0.3 is 10.1 Å². The Labute approximate surface area is 125 Å². The van der Waals surface area contributed by atoms with Crippen LogP contribution in [0.5, 0.6) is 11.5 Å². The molecule has 0 saturated heterocycles. The van der Waals surface area contributed by atoms with E-state index < -0.39 is 11.7 Å². The molecular formula is C15H13ClF3NO. The van der Waals surface area contributed by atoms with E-state index in [0.29, 0.717) is 22.9 Å². The van der Waals surface area contributed by atoms with Crippen LogP contribution in [0.2, 0.25) is 5.02 Å². The minimum Gasteiger partial charge on any atom is -0.456 e. The van der Waals surface area contributed by atoms with E-state index in [4.69, 9.17) is 16.3 Å². The van der Waals surface area contributed by atoms with E-state index in [1.807, 2.05) is 0 Å². The minimum atomic E-state index is -4.47. The van der Waals surface area contributed by atoms with Gasteiger partial charge in [0.05, 0.1) is 5.56 Å². The minimum absolute atomic E-state index is 0.232. The van der Waals surface area contributed by atoms with Gasteiger partial charge in [-0.1, -0.05) is 23.7 Å². The molecule has 0 amide bonds. The zero-order valence-electron chi connectivity index (χ0n) is 11.2. The molecule has 21 heavy (non-hydrogen) atoms. The maximum Gasteiger partial charge on any atom is 0.419 e. The van der Waals surface area contributed by atoms with Crippen molar-refractivity contribution in [2.75, 3.05) is 7.05 Å². The molecule has 0 aliphatic carbocycles. The van der Waals surface area contributed by atoms with Gasteiger partial charge in [-0.2, -0.15) is 13.2 Å². The number of nitrogens with one attached hydrogen (secondary N) is 1. The topological polar surface area (TPSA) is 21.3 Å². The van der Waals surface area contributed by atoms with Crippen LogP contribution in [-0.2, 0) is 12.7 Å². The first-order valence-corrected chi connectivity index (χ1v) is 6.56. The van der Waals surface area contributed by atoms with Crippen LogP contribution in [0.3, 0.4) is 0 Å². The summed E-state index contributed by atoms with van der Waals surface area (Å²) in [6, 6.07) is 9.89. The van der Waals surface area contributed by atoms with Crippen molar-refractivity contribution in [3.63, 3.8) is 0 Å². The fourth-order valence-electron chi connectivity index (χ4n) is 1.88. The predicted octanol–water partition coefficient (Wildman–Crippen LogP) is 4.87. The Balaban J connectivity index is 2.39. The van der Waals surface area contributed by atoms with E-state index in [1.54, 1.807) is 25.2 Å². The van der Waals surface area contributed by atoms with E-state index in [9.17, 15) is 13.2 Å². The summed E-state index contributed by atoms with van der Waals surface area (Å²) in [6.07, 6.45) is -4.47. The van der Waals surface area contributed by atoms with Crippen molar-refractivity contribution >= 4 is 11.6 Å². The normalized spacial score (nSPS) is 11.5. The van der Waals surface area contributed by atoms with Crippen LogP contribution in [0.1, 0.15) is 11.1 Å². The molecule has 2 rings (SSSR count). The van der Waals surface area contributed by atoms with Crippen LogP contribution < -0.4 is 10.1 Å². The van der Waals surface area contributed by atoms with Gasteiger partial charge >= 0.3 is 6.18 Å². The van der Waals surface area contributed by atoms with E-state index in [2.05, 4.69) is 5.32 Å². The lowest BCUT2D eigenvalue weighted by atomic mass is 10.1. The average molecular weight is 316 g/mol. The van der Waals surface area contributed by atoms with Gasteiger partial charge in [0.25, 0.3) is 0 Å². The van der Waals surface area contributed by atoms with Gasteiger partial charge in [0.2, 0.25) is 0 Å². The van der Waals surface area contributed by atoms with Crippen LogP contribution >= 0.6 is 11.6 Å². The van der Waals surface area contributed by atoms with Crippen LogP contribution in [-0.4, -0.2) is 7.05 Å². The van der Waals surface area contributed by atoms with Crippen molar-refractivity contribution in [2.24, 2.45) is 0 Å². The van der Waals surface area contributed by atoms with Crippen molar-refractivity contribution < 1.29 is 17.9 Å². The SMILES string of the molecule is CNCc1cc(Cl)ccc1Oc1ccccc1C(F)(F)F. The Morgan fingerprint density at radius 2 is 1.81 bits per heavy atom. The molecule has 0 unspecified atom stereocenters. The molecule has 112 valence electrons. The summed E-state index contributed by atoms with van der Waals surface area (Å²) in [7, 11) is 1.73. The van der Waals surface area contributed by atoms with Gasteiger partial charge in [0.15, 0.2) is 0 Å². The fraction of sp³-hybridized carbons (Fsp3) is 0.200. The Morgan fingerprint density at radius 1 is 1.10 bits per heavy atom. The molecule has 0 radical (unpaired) electrons. The molecule has 0 bridgehead atoms. The molecule has 0 atom stereocenters. The monoisotopic (exact) mass is 315 g/mol. The van der Waals surface area contributed by atoms with Crippen molar-refractivity contribution in [3.05, 3.63) is 58.6 Å². The molecule has 0 aromatic heterocycles. The molecule has 0 spiro atoms. The van der Waals surface area contributed by atoms with Gasteiger partial charge in [0.1, 0.15) is 11.5 Å². The lowest BCUT2D eigenvalue weighted by Gasteiger charge is -2.16. The molecule has 0 aliphatic rings. The van der Waals surface area contributed by atoms with Crippen molar-refractivity contribution in [3.8, 4) is 11.5 Å². The van der Waals surface area contributed by atoms with E-state index in [-0.39, 0.29) is 5.75 Å². The summed E-state index contributed by atoms with van der Waals surface area (Å²) in [5, 5.41) is 3.42. The molecule has 0 aliphatic heterocycles. The van der Waals surface area contributed by atoms with Crippen molar-refractivity contribution in [1.29, 1.82) is 0 Å². The highest BCUT2D eigenvalue weighted by Crippen LogP contribution is 2.38. The van der Waals surface area contributed by atoms with Crippen LogP contribution in [0.4, 0.5) is 13.2 Å². The molecule has 0 saturated carbocycles. The third kappa shape index (κ3) is 3.89. The van der Waals surface area contributed by atoms with E-state index in [1.165, 1.54) is 18.2 Å². The molecule has 2 nitrogen and oxygen atoms in total. The highest BCUT2D eigenvalue weighted by molar-refractivity contribution is 6.30. The quantitative estimate of drug-likeness (QED) is 0.869. The number of hydrogen-bond acceptors (Lipinski definition) is 2. The Morgan fingerprint density at radius 3 is 2.48 bits per heavy atom. The first-order valence-electron chi connectivity index (χ1n) is 6.19. The lowest BCUT2D eigenvalue weighted by molar-refractivity contribution is -0.138. The Kier molecular flexibility index (Phi) is 4.75.